The molecule has 0 radical (unpaired) electrons. The molecular weight excluding hydrogens is 232 g/mol. The number of hydrogen-bond acceptors (Lipinski definition) is 2. The first-order chi connectivity index (χ1) is 8.20. The summed E-state index contributed by atoms with van der Waals surface area (Å²) in [6, 6.07) is 8.31. The van der Waals surface area contributed by atoms with Gasteiger partial charge in [0.1, 0.15) is 0 Å². The zero-order valence-electron chi connectivity index (χ0n) is 10.2. The maximum Gasteiger partial charge on any atom is 0.0737 e. The minimum absolute atomic E-state index is 0.473. The molecule has 90 valence electrons. The van der Waals surface area contributed by atoms with Crippen LogP contribution >= 0.6 is 11.6 Å². The molecule has 0 saturated carbocycles. The second-order valence-electron chi connectivity index (χ2n) is 4.35. The van der Waals surface area contributed by atoms with Gasteiger partial charge >= 0.3 is 0 Å². The van der Waals surface area contributed by atoms with Gasteiger partial charge in [-0.05, 0) is 37.6 Å². The molecule has 0 saturated heterocycles. The van der Waals surface area contributed by atoms with Gasteiger partial charge in [0.05, 0.1) is 5.52 Å². The molecule has 3 heteroatoms. The van der Waals surface area contributed by atoms with Crippen molar-refractivity contribution < 1.29 is 0 Å². The van der Waals surface area contributed by atoms with Crippen LogP contribution in [0.4, 0.5) is 5.69 Å². The van der Waals surface area contributed by atoms with Crippen LogP contribution in [0, 0.1) is 0 Å². The predicted molar refractivity (Wildman–Crippen MR) is 74.7 cm³/mol. The zero-order chi connectivity index (χ0) is 12.3. The molecule has 0 unspecified atom stereocenters. The highest BCUT2D eigenvalue weighted by Crippen LogP contribution is 2.25. The van der Waals surface area contributed by atoms with Crippen molar-refractivity contribution in [2.75, 3.05) is 5.32 Å². The van der Waals surface area contributed by atoms with Crippen LogP contribution in [0.25, 0.3) is 10.9 Å². The van der Waals surface area contributed by atoms with Crippen molar-refractivity contribution in [3.8, 4) is 0 Å². The lowest BCUT2D eigenvalue weighted by atomic mass is 10.1. The van der Waals surface area contributed by atoms with Gasteiger partial charge in [0.25, 0.3) is 0 Å². The molecule has 1 aromatic heterocycles. The third-order valence-corrected chi connectivity index (χ3v) is 3.06. The van der Waals surface area contributed by atoms with Gasteiger partial charge in [-0.25, -0.2) is 0 Å². The van der Waals surface area contributed by atoms with Crippen molar-refractivity contribution in [2.45, 2.75) is 32.7 Å². The Morgan fingerprint density at radius 3 is 2.94 bits per heavy atom. The minimum Gasteiger partial charge on any atom is -0.382 e. The molecule has 2 nitrogen and oxygen atoms in total. The van der Waals surface area contributed by atoms with Crippen LogP contribution in [0.2, 0.25) is 5.02 Å². The topological polar surface area (TPSA) is 24.9 Å². The molecule has 2 rings (SSSR count). The number of hydrogen-bond donors (Lipinski definition) is 1. The van der Waals surface area contributed by atoms with Crippen molar-refractivity contribution in [1.29, 1.82) is 0 Å². The quantitative estimate of drug-likeness (QED) is 0.862. The molecule has 0 amide bonds. The van der Waals surface area contributed by atoms with Crippen LogP contribution in [0.1, 0.15) is 26.7 Å². The highest BCUT2D eigenvalue weighted by atomic mass is 35.5. The highest BCUT2D eigenvalue weighted by molar-refractivity contribution is 6.31. The number of halogens is 1. The van der Waals surface area contributed by atoms with E-state index in [0.29, 0.717) is 6.04 Å². The average Bonchev–Trinajstić information content (AvgIpc) is 2.29. The van der Waals surface area contributed by atoms with E-state index < -0.39 is 0 Å². The second-order valence-corrected chi connectivity index (χ2v) is 4.79. The van der Waals surface area contributed by atoms with Gasteiger partial charge in [-0.15, -0.1) is 0 Å². The van der Waals surface area contributed by atoms with E-state index in [1.807, 2.05) is 30.5 Å². The summed E-state index contributed by atoms with van der Waals surface area (Å²) in [5.41, 5.74) is 2.07. The van der Waals surface area contributed by atoms with Gasteiger partial charge < -0.3 is 5.32 Å². The van der Waals surface area contributed by atoms with Crippen molar-refractivity contribution in [2.24, 2.45) is 0 Å². The van der Waals surface area contributed by atoms with Gasteiger partial charge in [-0.3, -0.25) is 4.98 Å². The molecular formula is C14H17ClN2. The summed E-state index contributed by atoms with van der Waals surface area (Å²) in [6.45, 7) is 4.40. The van der Waals surface area contributed by atoms with Gasteiger partial charge in [-0.1, -0.05) is 24.9 Å². The highest BCUT2D eigenvalue weighted by Gasteiger charge is 2.05. The van der Waals surface area contributed by atoms with Crippen molar-refractivity contribution >= 4 is 28.2 Å². The van der Waals surface area contributed by atoms with Crippen LogP contribution in [-0.4, -0.2) is 11.0 Å². The summed E-state index contributed by atoms with van der Waals surface area (Å²) >= 11 is 5.97. The molecule has 1 heterocycles. The summed E-state index contributed by atoms with van der Waals surface area (Å²) in [5.74, 6) is 0. The fraction of sp³-hybridized carbons (Fsp3) is 0.357. The first-order valence-corrected chi connectivity index (χ1v) is 6.39. The number of pyridine rings is 1. The maximum atomic E-state index is 5.97. The molecule has 0 fully saturated rings. The molecule has 0 aliphatic heterocycles. The van der Waals surface area contributed by atoms with E-state index in [1.54, 1.807) is 0 Å². The minimum atomic E-state index is 0.473. The van der Waals surface area contributed by atoms with Crippen LogP contribution in [0.5, 0.6) is 0 Å². The number of benzene rings is 1. The lowest BCUT2D eigenvalue weighted by Crippen LogP contribution is -2.14. The SMILES string of the molecule is CCC[C@@H](C)Nc1ccnc2cc(Cl)ccc12. The van der Waals surface area contributed by atoms with E-state index in [0.717, 1.165) is 28.0 Å². The van der Waals surface area contributed by atoms with Crippen LogP contribution in [0.3, 0.4) is 0 Å². The van der Waals surface area contributed by atoms with E-state index in [9.17, 15) is 0 Å². The summed E-state index contributed by atoms with van der Waals surface area (Å²) in [4.78, 5) is 4.33. The van der Waals surface area contributed by atoms with Crippen molar-refractivity contribution in [3.63, 3.8) is 0 Å². The number of rotatable bonds is 4. The Bertz CT molecular complexity index is 511. The summed E-state index contributed by atoms with van der Waals surface area (Å²) < 4.78 is 0. The fourth-order valence-electron chi connectivity index (χ4n) is 2.02. The van der Waals surface area contributed by atoms with Crippen LogP contribution in [0.15, 0.2) is 30.5 Å². The predicted octanol–water partition coefficient (Wildman–Crippen LogP) is 4.49. The lowest BCUT2D eigenvalue weighted by molar-refractivity contribution is 0.691. The smallest absolute Gasteiger partial charge is 0.0737 e. The largest absolute Gasteiger partial charge is 0.382 e. The molecule has 1 N–H and O–H groups in total. The molecule has 2 aromatic rings. The molecule has 1 aromatic carbocycles. The Hall–Kier alpha value is -1.28. The molecule has 0 aliphatic rings. The number of nitrogens with one attached hydrogen (secondary N) is 1. The Labute approximate surface area is 107 Å². The first kappa shape index (κ1) is 12.2. The molecule has 0 spiro atoms. The average molecular weight is 249 g/mol. The number of anilines is 1. The normalized spacial score (nSPS) is 12.6. The first-order valence-electron chi connectivity index (χ1n) is 6.01. The van der Waals surface area contributed by atoms with Gasteiger partial charge in [0.15, 0.2) is 0 Å². The van der Waals surface area contributed by atoms with Gasteiger partial charge in [-0.2, -0.15) is 0 Å². The Kier molecular flexibility index (Phi) is 3.85. The summed E-state index contributed by atoms with van der Waals surface area (Å²) in [6.07, 6.45) is 4.17. The number of nitrogens with zero attached hydrogens (tertiary/aromatic N) is 1. The molecule has 0 aliphatic carbocycles. The van der Waals surface area contributed by atoms with E-state index in [-0.39, 0.29) is 0 Å². The Morgan fingerprint density at radius 1 is 1.35 bits per heavy atom. The van der Waals surface area contributed by atoms with Crippen molar-refractivity contribution in [3.05, 3.63) is 35.5 Å². The van der Waals surface area contributed by atoms with E-state index in [1.165, 1.54) is 6.42 Å². The third kappa shape index (κ3) is 2.89. The number of aromatic nitrogens is 1. The van der Waals surface area contributed by atoms with Crippen LogP contribution in [-0.2, 0) is 0 Å². The number of fused-ring (bicyclic) bond motifs is 1. The van der Waals surface area contributed by atoms with Gasteiger partial charge in [0, 0.05) is 28.3 Å². The Balaban J connectivity index is 2.34. The summed E-state index contributed by atoms with van der Waals surface area (Å²) in [7, 11) is 0. The maximum absolute atomic E-state index is 5.97. The molecule has 0 bridgehead atoms. The van der Waals surface area contributed by atoms with E-state index in [2.05, 4.69) is 24.1 Å². The summed E-state index contributed by atoms with van der Waals surface area (Å²) in [5, 5.41) is 5.37. The van der Waals surface area contributed by atoms with Gasteiger partial charge in [0.2, 0.25) is 0 Å². The Morgan fingerprint density at radius 2 is 2.18 bits per heavy atom. The molecule has 17 heavy (non-hydrogen) atoms. The standard InChI is InChI=1S/C14H17ClN2/c1-3-4-10(2)17-13-7-8-16-14-9-11(15)5-6-12(13)14/h5-10H,3-4H2,1-2H3,(H,16,17)/t10-/m1/s1. The van der Waals surface area contributed by atoms with Crippen LogP contribution < -0.4 is 5.32 Å². The fourth-order valence-corrected chi connectivity index (χ4v) is 2.18. The van der Waals surface area contributed by atoms with E-state index in [4.69, 9.17) is 11.6 Å². The second kappa shape index (κ2) is 5.37. The van der Waals surface area contributed by atoms with Crippen molar-refractivity contribution in [1.82, 2.24) is 4.98 Å². The zero-order valence-corrected chi connectivity index (χ0v) is 11.0. The molecule has 1 atom stereocenters. The lowest BCUT2D eigenvalue weighted by Gasteiger charge is -2.15. The monoisotopic (exact) mass is 248 g/mol. The third-order valence-electron chi connectivity index (χ3n) is 2.83. The van der Waals surface area contributed by atoms with E-state index >= 15 is 0 Å².